The summed E-state index contributed by atoms with van der Waals surface area (Å²) in [4.78, 5) is 13.0. The highest BCUT2D eigenvalue weighted by Gasteiger charge is 2.61. The molecule has 210 valence electrons. The number of carbonyl (C=O) groups is 1. The fraction of sp³-hybridized carbons (Fsp3) is 0.750. The SMILES string of the molecule is CC(C)CCC[C@H](C)[C@H]1CC[C@H]2[C@@H]3CC=C4C(C)(C)[C@H](OC(=O)c5ccccc5)CC[C@]4(C)[C@H]3CC[C@]12C. The molecule has 2 heteroatoms. The first kappa shape index (κ1) is 28.0. The molecule has 4 aliphatic rings. The summed E-state index contributed by atoms with van der Waals surface area (Å²) in [6.45, 7) is 17.3. The Kier molecular flexibility index (Phi) is 7.69. The third-order valence-electron chi connectivity index (χ3n) is 12.3. The van der Waals surface area contributed by atoms with Gasteiger partial charge in [0.2, 0.25) is 0 Å². The van der Waals surface area contributed by atoms with E-state index in [2.05, 4.69) is 54.5 Å². The van der Waals surface area contributed by atoms with Gasteiger partial charge in [0.25, 0.3) is 0 Å². The van der Waals surface area contributed by atoms with Gasteiger partial charge in [-0.1, -0.05) is 97.6 Å². The van der Waals surface area contributed by atoms with Gasteiger partial charge in [0.05, 0.1) is 5.56 Å². The molecule has 1 aromatic rings. The van der Waals surface area contributed by atoms with Crippen LogP contribution in [0.3, 0.4) is 0 Å². The van der Waals surface area contributed by atoms with Crippen LogP contribution in [0.2, 0.25) is 0 Å². The molecule has 2 nitrogen and oxygen atoms in total. The van der Waals surface area contributed by atoms with E-state index in [0.29, 0.717) is 11.0 Å². The number of allylic oxidation sites excluding steroid dienone is 1. The van der Waals surface area contributed by atoms with Crippen molar-refractivity contribution in [2.45, 2.75) is 119 Å². The molecule has 4 aliphatic carbocycles. The van der Waals surface area contributed by atoms with Gasteiger partial charge in [0.1, 0.15) is 6.10 Å². The normalized spacial score (nSPS) is 38.5. The molecular formula is C36H54O2. The molecule has 0 spiro atoms. The van der Waals surface area contributed by atoms with E-state index in [4.69, 9.17) is 4.74 Å². The molecule has 0 saturated heterocycles. The van der Waals surface area contributed by atoms with Gasteiger partial charge in [-0.05, 0) is 103 Å². The van der Waals surface area contributed by atoms with Gasteiger partial charge in [-0.3, -0.25) is 0 Å². The lowest BCUT2D eigenvalue weighted by molar-refractivity contribution is -0.0827. The van der Waals surface area contributed by atoms with Crippen molar-refractivity contribution in [3.05, 3.63) is 47.5 Å². The Balaban J connectivity index is 1.32. The minimum Gasteiger partial charge on any atom is -0.458 e. The number of rotatable bonds is 7. The molecule has 0 radical (unpaired) electrons. The van der Waals surface area contributed by atoms with Crippen LogP contribution in [0.5, 0.6) is 0 Å². The number of carbonyl (C=O) groups excluding carboxylic acids is 1. The first-order valence-corrected chi connectivity index (χ1v) is 16.0. The summed E-state index contributed by atoms with van der Waals surface area (Å²) in [5.41, 5.74) is 2.90. The lowest BCUT2D eigenvalue weighted by Gasteiger charge is -2.61. The number of hydrogen-bond acceptors (Lipinski definition) is 2. The zero-order valence-corrected chi connectivity index (χ0v) is 25.4. The second-order valence-corrected chi connectivity index (χ2v) is 15.2. The number of hydrogen-bond donors (Lipinski definition) is 0. The summed E-state index contributed by atoms with van der Waals surface area (Å²) in [5, 5.41) is 0. The molecule has 0 bridgehead atoms. The predicted molar refractivity (Wildman–Crippen MR) is 158 cm³/mol. The molecule has 0 heterocycles. The zero-order valence-electron chi connectivity index (χ0n) is 25.4. The van der Waals surface area contributed by atoms with E-state index in [0.717, 1.165) is 48.3 Å². The Morgan fingerprint density at radius 3 is 2.37 bits per heavy atom. The van der Waals surface area contributed by atoms with E-state index in [1.807, 2.05) is 30.3 Å². The maximum absolute atomic E-state index is 13.0. The third-order valence-corrected chi connectivity index (χ3v) is 12.3. The van der Waals surface area contributed by atoms with E-state index >= 15 is 0 Å². The van der Waals surface area contributed by atoms with Gasteiger partial charge in [0.15, 0.2) is 0 Å². The Morgan fingerprint density at radius 1 is 0.921 bits per heavy atom. The van der Waals surface area contributed by atoms with Crippen molar-refractivity contribution in [1.29, 1.82) is 0 Å². The van der Waals surface area contributed by atoms with Crippen molar-refractivity contribution in [1.82, 2.24) is 0 Å². The quantitative estimate of drug-likeness (QED) is 0.265. The molecule has 0 aliphatic heterocycles. The van der Waals surface area contributed by atoms with E-state index in [1.54, 1.807) is 5.57 Å². The molecule has 1 aromatic carbocycles. The summed E-state index contributed by atoms with van der Waals surface area (Å²) >= 11 is 0. The second kappa shape index (κ2) is 10.4. The molecule has 38 heavy (non-hydrogen) atoms. The summed E-state index contributed by atoms with van der Waals surface area (Å²) < 4.78 is 6.22. The molecule has 3 fully saturated rings. The molecule has 0 N–H and O–H groups in total. The maximum Gasteiger partial charge on any atom is 0.338 e. The van der Waals surface area contributed by atoms with Gasteiger partial charge in [0, 0.05) is 5.41 Å². The Bertz CT molecular complexity index is 1020. The predicted octanol–water partition coefficient (Wildman–Crippen LogP) is 9.89. The second-order valence-electron chi connectivity index (χ2n) is 15.2. The van der Waals surface area contributed by atoms with E-state index < -0.39 is 0 Å². The van der Waals surface area contributed by atoms with Crippen LogP contribution in [0.1, 0.15) is 123 Å². The molecule has 8 atom stereocenters. The van der Waals surface area contributed by atoms with Crippen LogP contribution in [0.4, 0.5) is 0 Å². The van der Waals surface area contributed by atoms with Gasteiger partial charge >= 0.3 is 5.97 Å². The number of ether oxygens (including phenoxy) is 1. The van der Waals surface area contributed by atoms with Crippen molar-refractivity contribution in [3.8, 4) is 0 Å². The number of esters is 1. The Labute approximate surface area is 233 Å². The van der Waals surface area contributed by atoms with Crippen molar-refractivity contribution >= 4 is 5.97 Å². The van der Waals surface area contributed by atoms with E-state index in [9.17, 15) is 4.79 Å². The lowest BCUT2D eigenvalue weighted by Crippen LogP contribution is -2.55. The first-order chi connectivity index (χ1) is 18.0. The summed E-state index contributed by atoms with van der Waals surface area (Å²) in [5.74, 6) is 4.91. The van der Waals surface area contributed by atoms with Crippen LogP contribution in [-0.4, -0.2) is 12.1 Å². The van der Waals surface area contributed by atoms with Crippen LogP contribution in [0.25, 0.3) is 0 Å². The molecule has 5 rings (SSSR count). The molecule has 3 saturated carbocycles. The maximum atomic E-state index is 13.0. The van der Waals surface area contributed by atoms with Gasteiger partial charge < -0.3 is 4.74 Å². The van der Waals surface area contributed by atoms with Crippen molar-refractivity contribution < 1.29 is 9.53 Å². The van der Waals surface area contributed by atoms with Crippen LogP contribution in [0.15, 0.2) is 42.0 Å². The average molecular weight is 519 g/mol. The summed E-state index contributed by atoms with van der Waals surface area (Å²) in [6.07, 6.45) is 15.8. The third kappa shape index (κ3) is 4.71. The first-order valence-electron chi connectivity index (χ1n) is 16.0. The average Bonchev–Trinajstić information content (AvgIpc) is 3.23. The van der Waals surface area contributed by atoms with Crippen LogP contribution in [0, 0.1) is 51.8 Å². The number of benzene rings is 1. The fourth-order valence-corrected chi connectivity index (χ4v) is 10.4. The van der Waals surface area contributed by atoms with Gasteiger partial charge in [-0.2, -0.15) is 0 Å². The molecule has 0 amide bonds. The van der Waals surface area contributed by atoms with Crippen LogP contribution in [-0.2, 0) is 4.74 Å². The highest BCUT2D eigenvalue weighted by Crippen LogP contribution is 2.69. The van der Waals surface area contributed by atoms with Crippen molar-refractivity contribution in [3.63, 3.8) is 0 Å². The number of fused-ring (bicyclic) bond motifs is 5. The van der Waals surface area contributed by atoms with Gasteiger partial charge in [-0.25, -0.2) is 4.79 Å². The monoisotopic (exact) mass is 518 g/mol. The summed E-state index contributed by atoms with van der Waals surface area (Å²) in [7, 11) is 0. The molecule has 0 aromatic heterocycles. The minimum atomic E-state index is -0.172. The minimum absolute atomic E-state index is 0.0533. The van der Waals surface area contributed by atoms with E-state index in [1.165, 1.54) is 51.4 Å². The highest BCUT2D eigenvalue weighted by molar-refractivity contribution is 5.89. The Hall–Kier alpha value is -1.57. The van der Waals surface area contributed by atoms with Gasteiger partial charge in [-0.15, -0.1) is 0 Å². The zero-order chi connectivity index (χ0) is 27.3. The topological polar surface area (TPSA) is 26.3 Å². The standard InChI is InChI=1S/C36H54O2/c1-24(2)12-11-13-25(3)28-17-18-29-27-16-19-31-34(4,5)32(38-33(37)26-14-9-8-10-15-26)21-23-36(31,7)30(27)20-22-35(28,29)6/h8-10,14-15,19,24-25,27-30,32H,11-13,16-18,20-23H2,1-7H3/t25-,27-,28+,29-,30-,32+,35+,36+/m0/s1. The smallest absolute Gasteiger partial charge is 0.338 e. The fourth-order valence-electron chi connectivity index (χ4n) is 10.4. The summed E-state index contributed by atoms with van der Waals surface area (Å²) in [6, 6.07) is 9.52. The lowest BCUT2D eigenvalue weighted by atomic mass is 9.44. The van der Waals surface area contributed by atoms with Crippen LogP contribution < -0.4 is 0 Å². The Morgan fingerprint density at radius 2 is 1.66 bits per heavy atom. The van der Waals surface area contributed by atoms with Crippen molar-refractivity contribution in [2.24, 2.45) is 51.8 Å². The van der Waals surface area contributed by atoms with Crippen LogP contribution >= 0.6 is 0 Å². The molecule has 0 unspecified atom stereocenters. The largest absolute Gasteiger partial charge is 0.458 e. The van der Waals surface area contributed by atoms with E-state index in [-0.39, 0.29) is 22.9 Å². The van der Waals surface area contributed by atoms with Crippen molar-refractivity contribution in [2.75, 3.05) is 0 Å². The highest BCUT2D eigenvalue weighted by atomic mass is 16.5. The molecular weight excluding hydrogens is 464 g/mol.